The summed E-state index contributed by atoms with van der Waals surface area (Å²) in [6.45, 7) is 12.5. The van der Waals surface area contributed by atoms with E-state index in [1.54, 1.807) is 7.11 Å². The summed E-state index contributed by atoms with van der Waals surface area (Å²) < 4.78 is 10.4. The number of anilines is 1. The minimum Gasteiger partial charge on any atom is -0.382 e. The first-order valence-electron chi connectivity index (χ1n) is 9.53. The van der Waals surface area contributed by atoms with Gasteiger partial charge >= 0.3 is 0 Å². The maximum atomic E-state index is 5.46. The second-order valence-corrected chi connectivity index (χ2v) is 5.78. The Morgan fingerprint density at radius 2 is 1.92 bits per heavy atom. The first-order valence-corrected chi connectivity index (χ1v) is 9.53. The number of aliphatic imine (C=N–C) groups is 1. The molecule has 2 N–H and O–H groups in total. The molecule has 0 aliphatic heterocycles. The molecule has 7 heteroatoms. The molecule has 1 aromatic heterocycles. The van der Waals surface area contributed by atoms with Crippen LogP contribution in [-0.2, 0) is 16.0 Å². The fourth-order valence-corrected chi connectivity index (χ4v) is 2.38. The predicted molar refractivity (Wildman–Crippen MR) is 108 cm³/mol. The predicted octanol–water partition coefficient (Wildman–Crippen LogP) is 2.04. The molecule has 0 bridgehead atoms. The van der Waals surface area contributed by atoms with Crippen molar-refractivity contribution in [2.24, 2.45) is 4.99 Å². The highest BCUT2D eigenvalue weighted by molar-refractivity contribution is 5.79. The SMILES string of the molecule is CCNC(=NCc1ccc(N(CC)CC)nc1)NCCCOCCOC. The third-order valence-corrected chi connectivity index (χ3v) is 3.85. The number of rotatable bonds is 13. The monoisotopic (exact) mass is 365 g/mol. The highest BCUT2D eigenvalue weighted by atomic mass is 16.5. The molecule has 0 saturated heterocycles. The number of ether oxygens (including phenoxy) is 2. The standard InChI is InChI=1S/C19H35N5O2/c1-5-20-19(21-11-8-12-26-14-13-25-4)23-16-17-9-10-18(22-15-17)24(6-2)7-3/h9-10,15H,5-8,11-14,16H2,1-4H3,(H2,20,21,23). The zero-order chi connectivity index (χ0) is 19.0. The van der Waals surface area contributed by atoms with E-state index >= 15 is 0 Å². The molecule has 7 nitrogen and oxygen atoms in total. The third-order valence-electron chi connectivity index (χ3n) is 3.85. The van der Waals surface area contributed by atoms with E-state index < -0.39 is 0 Å². The molecule has 0 spiro atoms. The number of aromatic nitrogens is 1. The van der Waals surface area contributed by atoms with Crippen LogP contribution in [0.15, 0.2) is 23.3 Å². The Labute approximate surface area is 158 Å². The van der Waals surface area contributed by atoms with Crippen molar-refractivity contribution in [2.75, 3.05) is 58.0 Å². The molecule has 1 aromatic rings. The Morgan fingerprint density at radius 1 is 1.12 bits per heavy atom. The zero-order valence-corrected chi connectivity index (χ0v) is 16.8. The minimum atomic E-state index is 0.602. The van der Waals surface area contributed by atoms with Crippen LogP contribution in [0.2, 0.25) is 0 Å². The lowest BCUT2D eigenvalue weighted by Crippen LogP contribution is -2.38. The molecule has 0 saturated carbocycles. The Hall–Kier alpha value is -1.86. The summed E-state index contributed by atoms with van der Waals surface area (Å²) in [5.41, 5.74) is 1.10. The van der Waals surface area contributed by atoms with Crippen molar-refractivity contribution < 1.29 is 9.47 Å². The highest BCUT2D eigenvalue weighted by Gasteiger charge is 2.03. The number of pyridine rings is 1. The van der Waals surface area contributed by atoms with Gasteiger partial charge in [0.2, 0.25) is 0 Å². The number of guanidine groups is 1. The lowest BCUT2D eigenvalue weighted by Gasteiger charge is -2.19. The van der Waals surface area contributed by atoms with Gasteiger partial charge in [-0.3, -0.25) is 0 Å². The van der Waals surface area contributed by atoms with Crippen LogP contribution in [0.5, 0.6) is 0 Å². The average molecular weight is 366 g/mol. The Kier molecular flexibility index (Phi) is 12.2. The van der Waals surface area contributed by atoms with E-state index in [0.29, 0.717) is 26.4 Å². The summed E-state index contributed by atoms with van der Waals surface area (Å²) in [6.07, 6.45) is 2.83. The summed E-state index contributed by atoms with van der Waals surface area (Å²) in [6, 6.07) is 4.16. The summed E-state index contributed by atoms with van der Waals surface area (Å²) >= 11 is 0. The molecule has 0 aliphatic carbocycles. The fraction of sp³-hybridized carbons (Fsp3) is 0.684. The molecule has 0 atom stereocenters. The van der Waals surface area contributed by atoms with Crippen LogP contribution in [0, 0.1) is 0 Å². The first-order chi connectivity index (χ1) is 12.7. The van der Waals surface area contributed by atoms with Gasteiger partial charge < -0.3 is 25.0 Å². The van der Waals surface area contributed by atoms with Gasteiger partial charge in [0.15, 0.2) is 5.96 Å². The molecular weight excluding hydrogens is 330 g/mol. The van der Waals surface area contributed by atoms with Crippen LogP contribution in [0.3, 0.4) is 0 Å². The number of nitrogens with one attached hydrogen (secondary N) is 2. The van der Waals surface area contributed by atoms with Crippen LogP contribution in [0.25, 0.3) is 0 Å². The van der Waals surface area contributed by atoms with E-state index in [4.69, 9.17) is 9.47 Å². The van der Waals surface area contributed by atoms with Crippen LogP contribution < -0.4 is 15.5 Å². The Bertz CT molecular complexity index is 489. The number of nitrogens with zero attached hydrogens (tertiary/aromatic N) is 3. The van der Waals surface area contributed by atoms with E-state index in [9.17, 15) is 0 Å². The lowest BCUT2D eigenvalue weighted by molar-refractivity contribution is 0.0698. The van der Waals surface area contributed by atoms with Gasteiger partial charge in [-0.05, 0) is 38.8 Å². The summed E-state index contributed by atoms with van der Waals surface area (Å²) in [4.78, 5) is 11.4. The van der Waals surface area contributed by atoms with Gasteiger partial charge in [0.25, 0.3) is 0 Å². The maximum absolute atomic E-state index is 5.46. The molecular formula is C19H35N5O2. The van der Waals surface area contributed by atoms with Crippen molar-refractivity contribution in [3.63, 3.8) is 0 Å². The van der Waals surface area contributed by atoms with Gasteiger partial charge in [0, 0.05) is 46.1 Å². The second kappa shape index (κ2) is 14.3. The van der Waals surface area contributed by atoms with Gasteiger partial charge in [-0.1, -0.05) is 6.07 Å². The molecule has 1 heterocycles. The Balaban J connectivity index is 2.42. The minimum absolute atomic E-state index is 0.602. The van der Waals surface area contributed by atoms with Crippen LogP contribution in [0.4, 0.5) is 5.82 Å². The maximum Gasteiger partial charge on any atom is 0.191 e. The van der Waals surface area contributed by atoms with E-state index in [1.165, 1.54) is 0 Å². The van der Waals surface area contributed by atoms with Crippen LogP contribution in [-0.4, -0.2) is 64.1 Å². The second-order valence-electron chi connectivity index (χ2n) is 5.78. The molecule has 0 fully saturated rings. The summed E-state index contributed by atoms with van der Waals surface area (Å²) in [5, 5.41) is 6.59. The van der Waals surface area contributed by atoms with Crippen molar-refractivity contribution in [3.05, 3.63) is 23.9 Å². The Morgan fingerprint density at radius 3 is 2.54 bits per heavy atom. The number of hydrogen-bond acceptors (Lipinski definition) is 5. The van der Waals surface area contributed by atoms with Gasteiger partial charge in [0.1, 0.15) is 5.82 Å². The van der Waals surface area contributed by atoms with Crippen molar-refractivity contribution in [3.8, 4) is 0 Å². The average Bonchev–Trinajstić information content (AvgIpc) is 2.67. The van der Waals surface area contributed by atoms with Gasteiger partial charge in [0.05, 0.1) is 19.8 Å². The molecule has 26 heavy (non-hydrogen) atoms. The molecule has 148 valence electrons. The molecule has 0 unspecified atom stereocenters. The summed E-state index contributed by atoms with van der Waals surface area (Å²) in [5.74, 6) is 1.83. The third kappa shape index (κ3) is 9.01. The lowest BCUT2D eigenvalue weighted by atomic mass is 10.3. The quantitative estimate of drug-likeness (QED) is 0.317. The van der Waals surface area contributed by atoms with Crippen molar-refractivity contribution in [2.45, 2.75) is 33.7 Å². The first kappa shape index (κ1) is 22.2. The molecule has 0 radical (unpaired) electrons. The highest BCUT2D eigenvalue weighted by Crippen LogP contribution is 2.11. The van der Waals surface area contributed by atoms with Crippen molar-refractivity contribution in [1.82, 2.24) is 15.6 Å². The van der Waals surface area contributed by atoms with Crippen molar-refractivity contribution in [1.29, 1.82) is 0 Å². The van der Waals surface area contributed by atoms with E-state index in [0.717, 1.165) is 49.9 Å². The summed E-state index contributed by atoms with van der Waals surface area (Å²) in [7, 11) is 1.68. The number of methoxy groups -OCH3 is 1. The van der Waals surface area contributed by atoms with Crippen molar-refractivity contribution >= 4 is 11.8 Å². The van der Waals surface area contributed by atoms with Gasteiger partial charge in [-0.2, -0.15) is 0 Å². The fourth-order valence-electron chi connectivity index (χ4n) is 2.38. The van der Waals surface area contributed by atoms with Crippen LogP contribution >= 0.6 is 0 Å². The van der Waals surface area contributed by atoms with E-state index in [2.05, 4.69) is 58.4 Å². The zero-order valence-electron chi connectivity index (χ0n) is 16.8. The molecule has 1 rings (SSSR count). The normalized spacial score (nSPS) is 11.5. The van der Waals surface area contributed by atoms with E-state index in [-0.39, 0.29) is 0 Å². The van der Waals surface area contributed by atoms with Gasteiger partial charge in [-0.25, -0.2) is 9.98 Å². The smallest absolute Gasteiger partial charge is 0.191 e. The van der Waals surface area contributed by atoms with E-state index in [1.807, 2.05) is 6.20 Å². The molecule has 0 aliphatic rings. The largest absolute Gasteiger partial charge is 0.382 e. The van der Waals surface area contributed by atoms with Gasteiger partial charge in [-0.15, -0.1) is 0 Å². The molecule has 0 aromatic carbocycles. The van der Waals surface area contributed by atoms with Crippen LogP contribution in [0.1, 0.15) is 32.8 Å². The number of hydrogen-bond donors (Lipinski definition) is 2. The molecule has 0 amide bonds. The topological polar surface area (TPSA) is 71.0 Å².